The number of nitrogens with two attached hydrogens (primary N) is 1. The minimum atomic E-state index is -0.549. The molecule has 6 heteroatoms. The van der Waals surface area contributed by atoms with E-state index in [9.17, 15) is 4.79 Å². The Morgan fingerprint density at radius 1 is 1.15 bits per heavy atom. The molecule has 0 aliphatic carbocycles. The number of carbonyl (C=O) groups is 1. The second kappa shape index (κ2) is 6.71. The van der Waals surface area contributed by atoms with Gasteiger partial charge >= 0.3 is 5.97 Å². The maximum absolute atomic E-state index is 11.8. The van der Waals surface area contributed by atoms with Gasteiger partial charge in [-0.1, -0.05) is 28.9 Å². The maximum atomic E-state index is 11.8. The van der Waals surface area contributed by atoms with Crippen molar-refractivity contribution >= 4 is 46.0 Å². The van der Waals surface area contributed by atoms with Gasteiger partial charge in [0.05, 0.1) is 5.56 Å². The van der Waals surface area contributed by atoms with Crippen molar-refractivity contribution in [2.45, 2.75) is 0 Å². The number of carbonyl (C=O) groups excluding carboxylic acids is 1. The molecule has 0 aliphatic heterocycles. The normalized spacial score (nSPS) is 11.2. The van der Waals surface area contributed by atoms with E-state index in [1.54, 1.807) is 36.4 Å². The predicted octanol–water partition coefficient (Wildman–Crippen LogP) is 3.42. The number of hydrogen-bond acceptors (Lipinski definition) is 3. The van der Waals surface area contributed by atoms with Crippen LogP contribution in [0.15, 0.2) is 53.7 Å². The summed E-state index contributed by atoms with van der Waals surface area (Å²) in [5.74, 6) is -0.437. The molecule has 0 saturated heterocycles. The summed E-state index contributed by atoms with van der Waals surface area (Å²) < 4.78 is 0.787. The third-order valence-corrected chi connectivity index (χ3v) is 3.65. The van der Waals surface area contributed by atoms with Crippen LogP contribution in [0, 0.1) is 3.57 Å². The zero-order valence-electron chi connectivity index (χ0n) is 10.2. The van der Waals surface area contributed by atoms with E-state index in [1.807, 2.05) is 12.1 Å². The molecule has 2 aromatic carbocycles. The van der Waals surface area contributed by atoms with Crippen LogP contribution in [-0.2, 0) is 4.84 Å². The summed E-state index contributed by atoms with van der Waals surface area (Å²) in [6.07, 6.45) is 0. The number of oxime groups is 1. The summed E-state index contributed by atoms with van der Waals surface area (Å²) in [7, 11) is 0. The summed E-state index contributed by atoms with van der Waals surface area (Å²) in [6, 6.07) is 13.8. The molecule has 20 heavy (non-hydrogen) atoms. The number of nitrogens with zero attached hydrogens (tertiary/aromatic N) is 1. The summed E-state index contributed by atoms with van der Waals surface area (Å²) in [5.41, 5.74) is 6.81. The third kappa shape index (κ3) is 3.71. The first-order valence-electron chi connectivity index (χ1n) is 5.63. The topological polar surface area (TPSA) is 64.7 Å². The van der Waals surface area contributed by atoms with Crippen LogP contribution in [0.5, 0.6) is 0 Å². The molecule has 0 fully saturated rings. The van der Waals surface area contributed by atoms with E-state index in [4.69, 9.17) is 22.2 Å². The van der Waals surface area contributed by atoms with Crippen LogP contribution >= 0.6 is 34.2 Å². The highest BCUT2D eigenvalue weighted by Gasteiger charge is 2.11. The van der Waals surface area contributed by atoms with Crippen molar-refractivity contribution in [2.75, 3.05) is 0 Å². The number of halogens is 2. The summed E-state index contributed by atoms with van der Waals surface area (Å²) in [6.45, 7) is 0. The molecule has 0 unspecified atom stereocenters. The van der Waals surface area contributed by atoms with Gasteiger partial charge in [0.1, 0.15) is 0 Å². The summed E-state index contributed by atoms with van der Waals surface area (Å²) in [5, 5.41) is 4.23. The van der Waals surface area contributed by atoms with Crippen LogP contribution < -0.4 is 5.73 Å². The second-order valence-corrected chi connectivity index (χ2v) is 5.44. The summed E-state index contributed by atoms with van der Waals surface area (Å²) in [4.78, 5) is 16.7. The lowest BCUT2D eigenvalue weighted by Gasteiger charge is -2.02. The number of benzene rings is 2. The van der Waals surface area contributed by atoms with Gasteiger partial charge in [0.25, 0.3) is 0 Å². The van der Waals surface area contributed by atoms with E-state index in [2.05, 4.69) is 27.7 Å². The van der Waals surface area contributed by atoms with E-state index in [-0.39, 0.29) is 5.84 Å². The first kappa shape index (κ1) is 14.8. The van der Waals surface area contributed by atoms with Gasteiger partial charge in [0.2, 0.25) is 0 Å². The average Bonchev–Trinajstić information content (AvgIpc) is 2.45. The summed E-state index contributed by atoms with van der Waals surface area (Å²) >= 11 is 7.83. The van der Waals surface area contributed by atoms with Crippen molar-refractivity contribution in [2.24, 2.45) is 10.9 Å². The van der Waals surface area contributed by atoms with Crippen molar-refractivity contribution < 1.29 is 9.63 Å². The lowest BCUT2D eigenvalue weighted by Crippen LogP contribution is -2.15. The number of amidine groups is 1. The Bertz CT molecular complexity index is 656. The van der Waals surface area contributed by atoms with Crippen molar-refractivity contribution in [1.82, 2.24) is 0 Å². The van der Waals surface area contributed by atoms with Gasteiger partial charge < -0.3 is 10.6 Å². The Kier molecular flexibility index (Phi) is 4.97. The van der Waals surface area contributed by atoms with E-state index in [1.165, 1.54) is 0 Å². The van der Waals surface area contributed by atoms with Crippen LogP contribution in [0.3, 0.4) is 0 Å². The fraction of sp³-hybridized carbons (Fsp3) is 0. The SMILES string of the molecule is N/C(=N\OC(=O)c1ccccc1I)c1ccc(Cl)cc1. The molecule has 0 spiro atoms. The molecular formula is C14H10ClIN2O2. The molecule has 0 radical (unpaired) electrons. The van der Waals surface area contributed by atoms with E-state index in [0.717, 1.165) is 3.57 Å². The Balaban J connectivity index is 2.11. The van der Waals surface area contributed by atoms with Crippen molar-refractivity contribution in [3.63, 3.8) is 0 Å². The van der Waals surface area contributed by atoms with Gasteiger partial charge in [0, 0.05) is 14.2 Å². The highest BCUT2D eigenvalue weighted by atomic mass is 127. The molecule has 0 saturated carbocycles. The largest absolute Gasteiger partial charge is 0.380 e. The first-order valence-corrected chi connectivity index (χ1v) is 7.09. The Labute approximate surface area is 134 Å². The van der Waals surface area contributed by atoms with Crippen molar-refractivity contribution in [1.29, 1.82) is 0 Å². The fourth-order valence-corrected chi connectivity index (χ4v) is 2.17. The van der Waals surface area contributed by atoms with Gasteiger partial charge in [-0.2, -0.15) is 0 Å². The number of hydrogen-bond donors (Lipinski definition) is 1. The number of rotatable bonds is 3. The predicted molar refractivity (Wildman–Crippen MR) is 86.8 cm³/mol. The van der Waals surface area contributed by atoms with Crippen LogP contribution in [0.25, 0.3) is 0 Å². The van der Waals surface area contributed by atoms with Gasteiger partial charge in [-0.15, -0.1) is 0 Å². The van der Waals surface area contributed by atoms with Gasteiger partial charge in [0.15, 0.2) is 5.84 Å². The van der Waals surface area contributed by atoms with Gasteiger partial charge in [-0.25, -0.2) is 4.79 Å². The molecule has 0 aromatic heterocycles. The molecule has 102 valence electrons. The van der Waals surface area contributed by atoms with Crippen molar-refractivity contribution in [3.8, 4) is 0 Å². The van der Waals surface area contributed by atoms with E-state index < -0.39 is 5.97 Å². The van der Waals surface area contributed by atoms with Crippen LogP contribution in [0.1, 0.15) is 15.9 Å². The monoisotopic (exact) mass is 400 g/mol. The average molecular weight is 401 g/mol. The second-order valence-electron chi connectivity index (χ2n) is 3.84. The Morgan fingerprint density at radius 2 is 1.80 bits per heavy atom. The van der Waals surface area contributed by atoms with E-state index >= 15 is 0 Å². The zero-order valence-corrected chi connectivity index (χ0v) is 13.1. The third-order valence-electron chi connectivity index (χ3n) is 2.46. The lowest BCUT2D eigenvalue weighted by atomic mass is 10.2. The zero-order chi connectivity index (χ0) is 14.5. The molecule has 0 atom stereocenters. The molecule has 0 aliphatic rings. The highest BCUT2D eigenvalue weighted by Crippen LogP contribution is 2.13. The van der Waals surface area contributed by atoms with Crippen molar-refractivity contribution in [3.05, 3.63) is 68.3 Å². The smallest absolute Gasteiger partial charge is 0.366 e. The molecule has 2 N–H and O–H groups in total. The fourth-order valence-electron chi connectivity index (χ4n) is 1.44. The quantitative estimate of drug-likeness (QED) is 0.282. The molecule has 0 heterocycles. The minimum Gasteiger partial charge on any atom is -0.380 e. The van der Waals surface area contributed by atoms with Crippen LogP contribution in [0.4, 0.5) is 0 Å². The molecule has 4 nitrogen and oxygen atoms in total. The molecule has 0 amide bonds. The Hall–Kier alpha value is -1.60. The molecular weight excluding hydrogens is 391 g/mol. The van der Waals surface area contributed by atoms with Crippen LogP contribution in [0.2, 0.25) is 5.02 Å². The lowest BCUT2D eigenvalue weighted by molar-refractivity contribution is 0.0515. The Morgan fingerprint density at radius 3 is 2.45 bits per heavy atom. The van der Waals surface area contributed by atoms with Gasteiger partial charge in [-0.05, 0) is 59.0 Å². The molecule has 0 bridgehead atoms. The van der Waals surface area contributed by atoms with E-state index in [0.29, 0.717) is 16.1 Å². The van der Waals surface area contributed by atoms with Crippen LogP contribution in [-0.4, -0.2) is 11.8 Å². The first-order chi connectivity index (χ1) is 9.58. The maximum Gasteiger partial charge on any atom is 0.366 e. The highest BCUT2D eigenvalue weighted by molar-refractivity contribution is 14.1. The minimum absolute atomic E-state index is 0.112. The molecule has 2 rings (SSSR count). The van der Waals surface area contributed by atoms with Gasteiger partial charge in [-0.3, -0.25) is 0 Å². The molecule has 2 aromatic rings. The standard InChI is InChI=1S/C14H10ClIN2O2/c15-10-7-5-9(6-8-10)13(17)18-20-14(19)11-3-1-2-4-12(11)16/h1-8H,(H2,17,18).